The number of carboxylic acids is 1. The van der Waals surface area contributed by atoms with Crippen LogP contribution in [0.3, 0.4) is 0 Å². The van der Waals surface area contributed by atoms with E-state index in [1.165, 1.54) is 24.3 Å². The highest BCUT2D eigenvalue weighted by Gasteiger charge is 2.20. The van der Waals surface area contributed by atoms with Crippen molar-refractivity contribution >= 4 is 11.9 Å². The number of aliphatic carboxylic acids is 1. The van der Waals surface area contributed by atoms with Crippen molar-refractivity contribution in [3.05, 3.63) is 35.6 Å². The molecule has 1 aromatic rings. The maximum atomic E-state index is 12.8. The molecule has 0 aromatic heterocycles. The maximum Gasteiger partial charge on any atom is 0.312 e. The fourth-order valence-corrected chi connectivity index (χ4v) is 1.72. The van der Waals surface area contributed by atoms with Gasteiger partial charge in [0.2, 0.25) is 5.91 Å². The molecule has 20 heavy (non-hydrogen) atoms. The van der Waals surface area contributed by atoms with Gasteiger partial charge in [-0.1, -0.05) is 12.1 Å². The van der Waals surface area contributed by atoms with Crippen LogP contribution < -0.4 is 5.32 Å². The second-order valence-corrected chi connectivity index (χ2v) is 4.34. The number of rotatable bonds is 8. The van der Waals surface area contributed by atoms with Crippen LogP contribution in [0, 0.1) is 5.82 Å². The van der Waals surface area contributed by atoms with E-state index in [1.807, 2.05) is 0 Å². The van der Waals surface area contributed by atoms with Crippen LogP contribution >= 0.6 is 0 Å². The molecule has 1 unspecified atom stereocenters. The predicted octanol–water partition coefficient (Wildman–Crippen LogP) is 1.54. The van der Waals surface area contributed by atoms with Crippen LogP contribution in [0.5, 0.6) is 0 Å². The first-order valence-electron chi connectivity index (χ1n) is 6.28. The lowest BCUT2D eigenvalue weighted by Gasteiger charge is -2.14. The van der Waals surface area contributed by atoms with E-state index in [4.69, 9.17) is 9.84 Å². The number of amides is 1. The molecule has 1 rings (SSSR count). The average Bonchev–Trinajstić information content (AvgIpc) is 2.41. The number of hydrogen-bond acceptors (Lipinski definition) is 3. The van der Waals surface area contributed by atoms with E-state index in [-0.39, 0.29) is 18.9 Å². The van der Waals surface area contributed by atoms with E-state index in [9.17, 15) is 14.0 Å². The third kappa shape index (κ3) is 5.36. The highest BCUT2D eigenvalue weighted by atomic mass is 19.1. The molecule has 0 aliphatic heterocycles. The maximum absolute atomic E-state index is 12.8. The van der Waals surface area contributed by atoms with Crippen LogP contribution in [0.4, 0.5) is 4.39 Å². The Labute approximate surface area is 116 Å². The van der Waals surface area contributed by atoms with E-state index < -0.39 is 17.7 Å². The first kappa shape index (κ1) is 16.1. The molecule has 0 heterocycles. The van der Waals surface area contributed by atoms with Gasteiger partial charge in [0, 0.05) is 26.7 Å². The zero-order valence-corrected chi connectivity index (χ0v) is 11.3. The third-order valence-corrected chi connectivity index (χ3v) is 2.83. The second kappa shape index (κ2) is 8.27. The number of methoxy groups -OCH3 is 1. The van der Waals surface area contributed by atoms with Gasteiger partial charge in [-0.3, -0.25) is 9.59 Å². The number of benzene rings is 1. The van der Waals surface area contributed by atoms with Crippen LogP contribution in [0.1, 0.15) is 24.3 Å². The molecule has 1 amide bonds. The van der Waals surface area contributed by atoms with Crippen molar-refractivity contribution in [2.45, 2.75) is 18.8 Å². The number of hydrogen-bond donors (Lipinski definition) is 2. The Morgan fingerprint density at radius 2 is 2.00 bits per heavy atom. The van der Waals surface area contributed by atoms with E-state index >= 15 is 0 Å². The summed E-state index contributed by atoms with van der Waals surface area (Å²) in [5.74, 6) is -2.60. The largest absolute Gasteiger partial charge is 0.481 e. The number of halogens is 1. The number of carboxylic acid groups (broad SMARTS) is 1. The molecule has 0 saturated heterocycles. The Balaban J connectivity index is 2.54. The van der Waals surface area contributed by atoms with Gasteiger partial charge >= 0.3 is 5.97 Å². The Hall–Kier alpha value is -1.95. The molecule has 1 atom stereocenters. The van der Waals surface area contributed by atoms with Gasteiger partial charge in [-0.05, 0) is 24.1 Å². The molecule has 0 aliphatic rings. The predicted molar refractivity (Wildman–Crippen MR) is 70.9 cm³/mol. The van der Waals surface area contributed by atoms with Gasteiger partial charge in [0.05, 0.1) is 5.92 Å². The van der Waals surface area contributed by atoms with Crippen molar-refractivity contribution in [2.24, 2.45) is 0 Å². The minimum absolute atomic E-state index is 0.0211. The average molecular weight is 283 g/mol. The monoisotopic (exact) mass is 283 g/mol. The summed E-state index contributed by atoms with van der Waals surface area (Å²) in [5.41, 5.74) is 0.455. The van der Waals surface area contributed by atoms with Gasteiger partial charge in [-0.2, -0.15) is 0 Å². The summed E-state index contributed by atoms with van der Waals surface area (Å²) in [7, 11) is 1.55. The molecule has 0 aliphatic carbocycles. The lowest BCUT2D eigenvalue weighted by atomic mass is 9.99. The molecule has 2 N–H and O–H groups in total. The Bertz CT molecular complexity index is 447. The first-order valence-corrected chi connectivity index (χ1v) is 6.28. The standard InChI is InChI=1S/C14H18FNO4/c1-20-8-2-3-13(17)16-9-12(14(18)19)10-4-6-11(15)7-5-10/h4-7,12H,2-3,8-9H2,1H3,(H,16,17)(H,18,19). The number of carbonyl (C=O) groups excluding carboxylic acids is 1. The van der Waals surface area contributed by atoms with Crippen LogP contribution in [0.2, 0.25) is 0 Å². The van der Waals surface area contributed by atoms with Gasteiger partial charge < -0.3 is 15.2 Å². The lowest BCUT2D eigenvalue weighted by Crippen LogP contribution is -2.31. The molecule has 0 fully saturated rings. The third-order valence-electron chi connectivity index (χ3n) is 2.83. The fourth-order valence-electron chi connectivity index (χ4n) is 1.72. The van der Waals surface area contributed by atoms with Crippen LogP contribution in [-0.4, -0.2) is 37.2 Å². The topological polar surface area (TPSA) is 75.6 Å². The molecular weight excluding hydrogens is 265 g/mol. The Morgan fingerprint density at radius 1 is 1.35 bits per heavy atom. The van der Waals surface area contributed by atoms with Gasteiger partial charge in [0.25, 0.3) is 0 Å². The quantitative estimate of drug-likeness (QED) is 0.710. The summed E-state index contributed by atoms with van der Waals surface area (Å²) < 4.78 is 17.6. The van der Waals surface area contributed by atoms with Crippen molar-refractivity contribution in [3.8, 4) is 0 Å². The highest BCUT2D eigenvalue weighted by Crippen LogP contribution is 2.16. The molecular formula is C14H18FNO4. The van der Waals surface area contributed by atoms with Crippen LogP contribution in [0.15, 0.2) is 24.3 Å². The minimum Gasteiger partial charge on any atom is -0.481 e. The summed E-state index contributed by atoms with van der Waals surface area (Å²) in [5, 5.41) is 11.7. The first-order chi connectivity index (χ1) is 9.54. The normalized spacial score (nSPS) is 11.9. The van der Waals surface area contributed by atoms with Gasteiger partial charge in [0.1, 0.15) is 5.82 Å². The fraction of sp³-hybridized carbons (Fsp3) is 0.429. The molecule has 0 bridgehead atoms. The van der Waals surface area contributed by atoms with E-state index in [1.54, 1.807) is 7.11 Å². The lowest BCUT2D eigenvalue weighted by molar-refractivity contribution is -0.138. The number of ether oxygens (including phenoxy) is 1. The van der Waals surface area contributed by atoms with Crippen LogP contribution in [0.25, 0.3) is 0 Å². The molecule has 110 valence electrons. The molecule has 0 radical (unpaired) electrons. The zero-order valence-electron chi connectivity index (χ0n) is 11.3. The molecule has 6 heteroatoms. The van der Waals surface area contributed by atoms with Crippen molar-refractivity contribution in [1.82, 2.24) is 5.32 Å². The summed E-state index contributed by atoms with van der Waals surface area (Å²) in [6.07, 6.45) is 0.861. The van der Waals surface area contributed by atoms with Crippen molar-refractivity contribution in [2.75, 3.05) is 20.3 Å². The van der Waals surface area contributed by atoms with Gasteiger partial charge in [-0.25, -0.2) is 4.39 Å². The Kier molecular flexibility index (Phi) is 6.66. The van der Waals surface area contributed by atoms with Crippen molar-refractivity contribution < 1.29 is 23.8 Å². The second-order valence-electron chi connectivity index (χ2n) is 4.34. The van der Waals surface area contributed by atoms with Crippen molar-refractivity contribution in [1.29, 1.82) is 0 Å². The van der Waals surface area contributed by atoms with E-state index in [0.717, 1.165) is 0 Å². The minimum atomic E-state index is -1.06. The summed E-state index contributed by atoms with van der Waals surface area (Å²) in [6.45, 7) is 0.459. The molecule has 0 spiro atoms. The Morgan fingerprint density at radius 3 is 2.55 bits per heavy atom. The van der Waals surface area contributed by atoms with Crippen molar-refractivity contribution in [3.63, 3.8) is 0 Å². The van der Waals surface area contributed by atoms with Crippen LogP contribution in [-0.2, 0) is 14.3 Å². The smallest absolute Gasteiger partial charge is 0.312 e. The summed E-state index contributed by atoms with van der Waals surface area (Å²) in [4.78, 5) is 22.7. The van der Waals surface area contributed by atoms with Gasteiger partial charge in [-0.15, -0.1) is 0 Å². The highest BCUT2D eigenvalue weighted by molar-refractivity contribution is 5.79. The molecule has 0 saturated carbocycles. The van der Waals surface area contributed by atoms with E-state index in [0.29, 0.717) is 18.6 Å². The summed E-state index contributed by atoms with van der Waals surface area (Å²) in [6, 6.07) is 5.22. The number of carbonyl (C=O) groups is 2. The van der Waals surface area contributed by atoms with Gasteiger partial charge in [0.15, 0.2) is 0 Å². The molecule has 5 nitrogen and oxygen atoms in total. The van der Waals surface area contributed by atoms with E-state index in [2.05, 4.69) is 5.32 Å². The zero-order chi connectivity index (χ0) is 15.0. The molecule has 1 aromatic carbocycles. The number of nitrogens with one attached hydrogen (secondary N) is 1. The SMILES string of the molecule is COCCCC(=O)NCC(C(=O)O)c1ccc(F)cc1. The summed E-state index contributed by atoms with van der Waals surface area (Å²) >= 11 is 0.